The first-order chi connectivity index (χ1) is 7.85. The standard InChI is InChI=1S/C14H13NO/c1-2-11-7-9-12(10-8-11)13-5-3-4-6-14(13)15-16/h3-10H,2H2,1H3/p+1. The third kappa shape index (κ3) is 2.01. The monoisotopic (exact) mass is 212 g/mol. The molecule has 0 amide bonds. The minimum atomic E-state index is 0.617. The molecule has 16 heavy (non-hydrogen) atoms. The van der Waals surface area contributed by atoms with E-state index in [1.54, 1.807) is 6.07 Å². The summed E-state index contributed by atoms with van der Waals surface area (Å²) in [4.78, 5) is 10.8. The minimum absolute atomic E-state index is 0.617. The number of aryl methyl sites for hydroxylation is 1. The van der Waals surface area contributed by atoms with Gasteiger partial charge in [0.15, 0.2) is 0 Å². The highest BCUT2D eigenvalue weighted by Gasteiger charge is 2.08. The summed E-state index contributed by atoms with van der Waals surface area (Å²) in [5.41, 5.74) is 3.93. The molecule has 80 valence electrons. The molecule has 0 aliphatic carbocycles. The van der Waals surface area contributed by atoms with Crippen LogP contribution in [0.25, 0.3) is 11.1 Å². The molecule has 0 bridgehead atoms. The maximum absolute atomic E-state index is 10.8. The van der Waals surface area contributed by atoms with Crippen LogP contribution in [0.3, 0.4) is 0 Å². The van der Waals surface area contributed by atoms with Crippen LogP contribution in [0.4, 0.5) is 5.69 Å². The lowest BCUT2D eigenvalue weighted by molar-refractivity contribution is -0.378. The molecule has 0 atom stereocenters. The smallest absolute Gasteiger partial charge is 0.0613 e. The molecular weight excluding hydrogens is 198 g/mol. The van der Waals surface area contributed by atoms with Crippen molar-refractivity contribution in [3.05, 3.63) is 59.0 Å². The van der Waals surface area contributed by atoms with Gasteiger partial charge >= 0.3 is 0 Å². The van der Waals surface area contributed by atoms with E-state index in [1.165, 1.54) is 5.56 Å². The van der Waals surface area contributed by atoms with Crippen LogP contribution in [-0.2, 0) is 6.42 Å². The van der Waals surface area contributed by atoms with E-state index in [2.05, 4.69) is 31.2 Å². The van der Waals surface area contributed by atoms with E-state index in [4.69, 9.17) is 0 Å². The average Bonchev–Trinajstić information content (AvgIpc) is 2.39. The first-order valence-electron chi connectivity index (χ1n) is 5.41. The van der Waals surface area contributed by atoms with Crippen molar-refractivity contribution in [3.63, 3.8) is 0 Å². The lowest BCUT2D eigenvalue weighted by atomic mass is 10.0. The molecule has 0 radical (unpaired) electrons. The van der Waals surface area contributed by atoms with Gasteiger partial charge in [-0.05, 0) is 23.6 Å². The maximum Gasteiger partial charge on any atom is 0.261 e. The summed E-state index contributed by atoms with van der Waals surface area (Å²) in [6, 6.07) is 15.8. The summed E-state index contributed by atoms with van der Waals surface area (Å²) in [7, 11) is 0. The van der Waals surface area contributed by atoms with E-state index >= 15 is 0 Å². The zero-order valence-electron chi connectivity index (χ0n) is 9.23. The molecule has 0 aromatic heterocycles. The predicted octanol–water partition coefficient (Wildman–Crippen LogP) is 2.39. The lowest BCUT2D eigenvalue weighted by Crippen LogP contribution is -2.56. The van der Waals surface area contributed by atoms with Crippen molar-refractivity contribution in [1.29, 1.82) is 0 Å². The molecule has 2 aromatic carbocycles. The number of para-hydroxylation sites is 1. The molecule has 0 saturated carbocycles. The molecule has 0 saturated heterocycles. The van der Waals surface area contributed by atoms with Crippen molar-refractivity contribution >= 4 is 5.69 Å². The highest BCUT2D eigenvalue weighted by Crippen LogP contribution is 2.24. The highest BCUT2D eigenvalue weighted by atomic mass is 16.3. The summed E-state index contributed by atoms with van der Waals surface area (Å²) < 4.78 is 0. The van der Waals surface area contributed by atoms with Crippen molar-refractivity contribution in [2.45, 2.75) is 13.3 Å². The Morgan fingerprint density at radius 2 is 1.69 bits per heavy atom. The van der Waals surface area contributed by atoms with Gasteiger partial charge in [-0.15, -0.1) is 0 Å². The fraction of sp³-hybridized carbons (Fsp3) is 0.143. The molecule has 0 fully saturated rings. The number of nitroso groups, excluding NO2 is 1. The molecule has 0 aliphatic heterocycles. The van der Waals surface area contributed by atoms with Crippen LogP contribution in [0.5, 0.6) is 0 Å². The zero-order chi connectivity index (χ0) is 11.4. The number of hydrogen-bond donors (Lipinski definition) is 1. The number of nitrogens with one attached hydrogen (secondary N) is 1. The fourth-order valence-electron chi connectivity index (χ4n) is 1.74. The molecule has 2 nitrogen and oxygen atoms in total. The van der Waals surface area contributed by atoms with Gasteiger partial charge in [0, 0.05) is 16.2 Å². The largest absolute Gasteiger partial charge is 0.261 e. The van der Waals surface area contributed by atoms with Crippen molar-refractivity contribution in [1.82, 2.24) is 0 Å². The summed E-state index contributed by atoms with van der Waals surface area (Å²) >= 11 is 0. The van der Waals surface area contributed by atoms with Crippen LogP contribution in [-0.4, -0.2) is 0 Å². The van der Waals surface area contributed by atoms with Crippen LogP contribution in [0.2, 0.25) is 0 Å². The molecule has 0 spiro atoms. The van der Waals surface area contributed by atoms with Crippen LogP contribution < -0.4 is 5.18 Å². The van der Waals surface area contributed by atoms with E-state index in [9.17, 15) is 4.91 Å². The van der Waals surface area contributed by atoms with Gasteiger partial charge in [0.05, 0.1) is 5.56 Å². The molecule has 0 unspecified atom stereocenters. The van der Waals surface area contributed by atoms with Crippen molar-refractivity contribution in [2.75, 3.05) is 0 Å². The summed E-state index contributed by atoms with van der Waals surface area (Å²) in [6.45, 7) is 2.13. The molecule has 2 aromatic rings. The Balaban J connectivity index is 2.46. The first kappa shape index (κ1) is 10.6. The van der Waals surface area contributed by atoms with Gasteiger partial charge in [-0.1, -0.05) is 43.3 Å². The second kappa shape index (κ2) is 4.71. The first-order valence-corrected chi connectivity index (χ1v) is 5.41. The average molecular weight is 212 g/mol. The Labute approximate surface area is 94.9 Å². The quantitative estimate of drug-likeness (QED) is 0.832. The Hall–Kier alpha value is -1.96. The molecule has 2 rings (SSSR count). The van der Waals surface area contributed by atoms with Crippen LogP contribution in [0, 0.1) is 4.91 Å². The molecule has 1 N–H and O–H groups in total. The fourth-order valence-corrected chi connectivity index (χ4v) is 1.74. The van der Waals surface area contributed by atoms with Gasteiger partial charge in [-0.25, -0.2) is 0 Å². The summed E-state index contributed by atoms with van der Waals surface area (Å²) in [5.74, 6) is 0. The number of benzene rings is 2. The van der Waals surface area contributed by atoms with E-state index in [0.29, 0.717) is 5.69 Å². The molecule has 0 aliphatic rings. The predicted molar refractivity (Wildman–Crippen MR) is 65.2 cm³/mol. The zero-order valence-corrected chi connectivity index (χ0v) is 9.23. The van der Waals surface area contributed by atoms with E-state index in [1.807, 2.05) is 23.4 Å². The Kier molecular flexibility index (Phi) is 3.10. The van der Waals surface area contributed by atoms with Gasteiger partial charge in [-0.3, -0.25) is 0 Å². The minimum Gasteiger partial charge on any atom is -0.0613 e. The van der Waals surface area contributed by atoms with E-state index in [0.717, 1.165) is 17.5 Å². The van der Waals surface area contributed by atoms with Crippen molar-refractivity contribution < 1.29 is 5.18 Å². The third-order valence-corrected chi connectivity index (χ3v) is 2.71. The number of hydrogen-bond acceptors (Lipinski definition) is 1. The van der Waals surface area contributed by atoms with E-state index in [-0.39, 0.29) is 0 Å². The van der Waals surface area contributed by atoms with Crippen LogP contribution >= 0.6 is 0 Å². The van der Waals surface area contributed by atoms with Gasteiger partial charge in [-0.2, -0.15) is 0 Å². The molecule has 2 heteroatoms. The Morgan fingerprint density at radius 3 is 2.31 bits per heavy atom. The third-order valence-electron chi connectivity index (χ3n) is 2.71. The van der Waals surface area contributed by atoms with Crippen molar-refractivity contribution in [3.8, 4) is 11.1 Å². The lowest BCUT2D eigenvalue weighted by Gasteiger charge is -2.02. The van der Waals surface area contributed by atoms with Gasteiger partial charge < -0.3 is 0 Å². The van der Waals surface area contributed by atoms with E-state index < -0.39 is 0 Å². The normalized spacial score (nSPS) is 10.1. The van der Waals surface area contributed by atoms with Gasteiger partial charge in [0.25, 0.3) is 5.69 Å². The second-order valence-electron chi connectivity index (χ2n) is 3.70. The summed E-state index contributed by atoms with van der Waals surface area (Å²) in [5, 5.41) is 1.97. The van der Waals surface area contributed by atoms with Crippen LogP contribution in [0.1, 0.15) is 12.5 Å². The molecule has 0 heterocycles. The number of rotatable bonds is 3. The summed E-state index contributed by atoms with van der Waals surface area (Å²) in [6.07, 6.45) is 1.03. The highest BCUT2D eigenvalue weighted by molar-refractivity contribution is 5.72. The van der Waals surface area contributed by atoms with Crippen LogP contribution in [0.15, 0.2) is 48.5 Å². The SMILES string of the molecule is CCc1ccc(-c2ccccc2[NH+]=O)cc1. The topological polar surface area (TPSA) is 31.0 Å². The van der Waals surface area contributed by atoms with Gasteiger partial charge in [0.1, 0.15) is 0 Å². The maximum atomic E-state index is 10.8. The molecular formula is C14H14NO+. The second-order valence-corrected chi connectivity index (χ2v) is 3.70. The Bertz CT molecular complexity index is 488. The van der Waals surface area contributed by atoms with Crippen molar-refractivity contribution in [2.24, 2.45) is 0 Å². The Morgan fingerprint density at radius 1 is 1.00 bits per heavy atom. The van der Waals surface area contributed by atoms with Gasteiger partial charge in [0.2, 0.25) is 0 Å².